The van der Waals surface area contributed by atoms with Crippen molar-refractivity contribution in [1.82, 2.24) is 5.32 Å². The lowest BCUT2D eigenvalue weighted by molar-refractivity contribution is -0.122. The van der Waals surface area contributed by atoms with Crippen LogP contribution in [-0.4, -0.2) is 11.9 Å². The minimum absolute atomic E-state index is 0.0429. The fourth-order valence-electron chi connectivity index (χ4n) is 3.03. The summed E-state index contributed by atoms with van der Waals surface area (Å²) < 4.78 is 0. The molecule has 0 aliphatic heterocycles. The van der Waals surface area contributed by atoms with E-state index in [0.29, 0.717) is 18.0 Å². The lowest BCUT2D eigenvalue weighted by atomic mass is 9.87. The number of hydrogen-bond acceptors (Lipinski definition) is 2. The van der Waals surface area contributed by atoms with Crippen LogP contribution in [0.15, 0.2) is 24.3 Å². The monoisotopic (exact) mass is 303 g/mol. The molecule has 1 aromatic rings. The van der Waals surface area contributed by atoms with Crippen molar-refractivity contribution in [2.75, 3.05) is 5.32 Å². The average molecular weight is 303 g/mol. The van der Waals surface area contributed by atoms with Gasteiger partial charge >= 0.3 is 6.03 Å². The lowest BCUT2D eigenvalue weighted by Crippen LogP contribution is -2.29. The Morgan fingerprint density at radius 3 is 2.41 bits per heavy atom. The van der Waals surface area contributed by atoms with Crippen LogP contribution in [0.2, 0.25) is 0 Å². The number of anilines is 1. The largest absolute Gasteiger partial charge is 0.351 e. The minimum Gasteiger partial charge on any atom is -0.351 e. The van der Waals surface area contributed by atoms with Crippen molar-refractivity contribution in [3.63, 3.8) is 0 Å². The summed E-state index contributed by atoms with van der Waals surface area (Å²) in [6.07, 6.45) is 6.79. The quantitative estimate of drug-likeness (QED) is 0.779. The number of primary amides is 1. The maximum absolute atomic E-state index is 12.1. The highest BCUT2D eigenvalue weighted by atomic mass is 16.2. The van der Waals surface area contributed by atoms with Crippen molar-refractivity contribution in [1.29, 1.82) is 0 Å². The Hall–Kier alpha value is -2.04. The second-order valence-electron chi connectivity index (χ2n) is 6.11. The van der Waals surface area contributed by atoms with Crippen LogP contribution in [0, 0.1) is 5.92 Å². The van der Waals surface area contributed by atoms with Gasteiger partial charge in [-0.1, -0.05) is 31.4 Å². The van der Waals surface area contributed by atoms with Gasteiger partial charge in [0.25, 0.3) is 0 Å². The van der Waals surface area contributed by atoms with Crippen molar-refractivity contribution in [2.45, 2.75) is 51.5 Å². The van der Waals surface area contributed by atoms with Crippen molar-refractivity contribution < 1.29 is 9.59 Å². The summed E-state index contributed by atoms with van der Waals surface area (Å²) in [7, 11) is 0. The molecule has 1 aliphatic rings. The first-order valence-electron chi connectivity index (χ1n) is 8.00. The summed E-state index contributed by atoms with van der Waals surface area (Å²) in [5.74, 6) is 0.668. The molecule has 0 saturated heterocycles. The van der Waals surface area contributed by atoms with Gasteiger partial charge < -0.3 is 16.4 Å². The van der Waals surface area contributed by atoms with Crippen molar-refractivity contribution in [3.8, 4) is 0 Å². The van der Waals surface area contributed by atoms with Crippen LogP contribution in [-0.2, 0) is 4.79 Å². The van der Waals surface area contributed by atoms with Crippen LogP contribution in [0.25, 0.3) is 0 Å². The van der Waals surface area contributed by atoms with E-state index in [-0.39, 0.29) is 11.9 Å². The molecule has 0 radical (unpaired) electrons. The van der Waals surface area contributed by atoms with Crippen molar-refractivity contribution in [3.05, 3.63) is 29.8 Å². The van der Waals surface area contributed by atoms with Gasteiger partial charge in [0.05, 0.1) is 6.04 Å². The van der Waals surface area contributed by atoms with Gasteiger partial charge in [-0.15, -0.1) is 0 Å². The average Bonchev–Trinajstić information content (AvgIpc) is 2.48. The number of amides is 3. The molecule has 1 aromatic carbocycles. The van der Waals surface area contributed by atoms with Crippen molar-refractivity contribution >= 4 is 17.6 Å². The molecule has 3 amide bonds. The van der Waals surface area contributed by atoms with Crippen LogP contribution in [0.4, 0.5) is 10.5 Å². The number of hydrogen-bond donors (Lipinski definition) is 3. The molecule has 120 valence electrons. The van der Waals surface area contributed by atoms with Gasteiger partial charge in [-0.05, 0) is 43.4 Å². The smallest absolute Gasteiger partial charge is 0.316 e. The van der Waals surface area contributed by atoms with Crippen LogP contribution < -0.4 is 16.4 Å². The normalized spacial score (nSPS) is 16.8. The molecular formula is C17H25N3O2. The Kier molecular flexibility index (Phi) is 5.81. The van der Waals surface area contributed by atoms with E-state index in [1.54, 1.807) is 12.1 Å². The molecule has 5 nitrogen and oxygen atoms in total. The Morgan fingerprint density at radius 2 is 1.82 bits per heavy atom. The molecule has 1 aliphatic carbocycles. The third-order valence-electron chi connectivity index (χ3n) is 4.25. The lowest BCUT2D eigenvalue weighted by Gasteiger charge is -2.22. The predicted octanol–water partition coefficient (Wildman–Crippen LogP) is 3.32. The van der Waals surface area contributed by atoms with E-state index in [4.69, 9.17) is 5.73 Å². The van der Waals surface area contributed by atoms with Gasteiger partial charge in [0.2, 0.25) is 5.91 Å². The summed E-state index contributed by atoms with van der Waals surface area (Å²) >= 11 is 0. The number of carbonyl (C=O) groups excluding carboxylic acids is 2. The highest BCUT2D eigenvalue weighted by Gasteiger charge is 2.18. The standard InChI is InChI=1S/C17H25N3O2/c1-12(14-7-9-15(10-8-14)20-17(18)22)19-16(21)11-13-5-3-2-4-6-13/h7-10,12-13H,2-6,11H2,1H3,(H,19,21)(H3,18,20,22). The maximum atomic E-state index is 12.1. The van der Waals surface area contributed by atoms with E-state index >= 15 is 0 Å². The fourth-order valence-corrected chi connectivity index (χ4v) is 3.03. The third-order valence-corrected chi connectivity index (χ3v) is 4.25. The molecule has 0 bridgehead atoms. The van der Waals surface area contributed by atoms with E-state index in [9.17, 15) is 9.59 Å². The summed E-state index contributed by atoms with van der Waals surface area (Å²) in [5.41, 5.74) is 6.73. The molecule has 2 rings (SSSR count). The molecule has 1 unspecified atom stereocenters. The van der Waals surface area contributed by atoms with Crippen LogP contribution in [0.3, 0.4) is 0 Å². The zero-order chi connectivity index (χ0) is 15.9. The number of nitrogens with two attached hydrogens (primary N) is 1. The third kappa shape index (κ3) is 5.06. The highest BCUT2D eigenvalue weighted by Crippen LogP contribution is 2.26. The molecule has 0 aromatic heterocycles. The Labute approximate surface area is 131 Å². The predicted molar refractivity (Wildman–Crippen MR) is 87.4 cm³/mol. The van der Waals surface area contributed by atoms with E-state index in [1.165, 1.54) is 32.1 Å². The molecule has 0 heterocycles. The van der Waals surface area contributed by atoms with Crippen molar-refractivity contribution in [2.24, 2.45) is 11.7 Å². The molecule has 1 fully saturated rings. The summed E-state index contributed by atoms with van der Waals surface area (Å²) in [6, 6.07) is 6.71. The Balaban J connectivity index is 1.83. The van der Waals surface area contributed by atoms with E-state index in [2.05, 4.69) is 10.6 Å². The maximum Gasteiger partial charge on any atom is 0.316 e. The van der Waals surface area contributed by atoms with Gasteiger partial charge in [0, 0.05) is 12.1 Å². The molecule has 0 spiro atoms. The first kappa shape index (κ1) is 16.3. The van der Waals surface area contributed by atoms with E-state index in [0.717, 1.165) is 5.56 Å². The summed E-state index contributed by atoms with van der Waals surface area (Å²) in [4.78, 5) is 22.9. The van der Waals surface area contributed by atoms with Gasteiger partial charge in [-0.3, -0.25) is 4.79 Å². The van der Waals surface area contributed by atoms with E-state index in [1.807, 2.05) is 19.1 Å². The SMILES string of the molecule is CC(NC(=O)CC1CCCCC1)c1ccc(NC(N)=O)cc1. The second kappa shape index (κ2) is 7.82. The van der Waals surface area contributed by atoms with Gasteiger partial charge in [-0.2, -0.15) is 0 Å². The Bertz CT molecular complexity index is 507. The molecule has 4 N–H and O–H groups in total. The number of urea groups is 1. The van der Waals surface area contributed by atoms with E-state index < -0.39 is 6.03 Å². The number of rotatable bonds is 5. The van der Waals surface area contributed by atoms with Crippen LogP contribution in [0.1, 0.15) is 57.1 Å². The number of carbonyl (C=O) groups is 2. The molecule has 22 heavy (non-hydrogen) atoms. The first-order chi connectivity index (χ1) is 10.5. The highest BCUT2D eigenvalue weighted by molar-refractivity contribution is 5.87. The summed E-state index contributed by atoms with van der Waals surface area (Å²) in [5, 5.41) is 5.57. The number of nitrogens with one attached hydrogen (secondary N) is 2. The molecule has 1 atom stereocenters. The Morgan fingerprint density at radius 1 is 1.18 bits per heavy atom. The fraction of sp³-hybridized carbons (Fsp3) is 0.529. The summed E-state index contributed by atoms with van der Waals surface area (Å²) in [6.45, 7) is 1.97. The topological polar surface area (TPSA) is 84.2 Å². The molecule has 1 saturated carbocycles. The molecule has 5 heteroatoms. The van der Waals surface area contributed by atoms with Crippen LogP contribution >= 0.6 is 0 Å². The first-order valence-corrected chi connectivity index (χ1v) is 8.00. The minimum atomic E-state index is -0.582. The second-order valence-corrected chi connectivity index (χ2v) is 6.11. The zero-order valence-corrected chi connectivity index (χ0v) is 13.1. The molecular weight excluding hydrogens is 278 g/mol. The van der Waals surface area contributed by atoms with Gasteiger partial charge in [-0.25, -0.2) is 4.79 Å². The van der Waals surface area contributed by atoms with Gasteiger partial charge in [0.15, 0.2) is 0 Å². The number of benzene rings is 1. The zero-order valence-electron chi connectivity index (χ0n) is 13.1. The van der Waals surface area contributed by atoms with Crippen LogP contribution in [0.5, 0.6) is 0 Å². The van der Waals surface area contributed by atoms with Gasteiger partial charge in [0.1, 0.15) is 0 Å².